The van der Waals surface area contributed by atoms with Gasteiger partial charge in [-0.15, -0.1) is 0 Å². The Morgan fingerprint density at radius 1 is 1.29 bits per heavy atom. The normalized spacial score (nSPS) is 10.3. The number of nitrogens with one attached hydrogen (secondary N) is 1. The number of methoxy groups -OCH3 is 1. The van der Waals surface area contributed by atoms with E-state index in [-0.39, 0.29) is 17.5 Å². The van der Waals surface area contributed by atoms with E-state index >= 15 is 0 Å². The van der Waals surface area contributed by atoms with Crippen molar-refractivity contribution in [3.05, 3.63) is 36.3 Å². The molecule has 0 aliphatic rings. The van der Waals surface area contributed by atoms with Crippen LogP contribution >= 0.6 is 0 Å². The number of esters is 1. The third-order valence-electron chi connectivity index (χ3n) is 2.25. The molecule has 1 N–H and O–H groups in total. The van der Waals surface area contributed by atoms with Crippen LogP contribution in [0.25, 0.3) is 0 Å². The molecule has 0 unspecified atom stereocenters. The Balaban J connectivity index is 2.09. The van der Waals surface area contributed by atoms with Crippen molar-refractivity contribution >= 4 is 17.6 Å². The molecule has 0 fully saturated rings. The molecule has 0 saturated carbocycles. The second kappa shape index (κ2) is 6.55. The fourth-order valence-corrected chi connectivity index (χ4v) is 1.38. The highest BCUT2D eigenvalue weighted by Gasteiger charge is 2.09. The van der Waals surface area contributed by atoms with Crippen molar-refractivity contribution in [2.45, 2.75) is 6.61 Å². The van der Waals surface area contributed by atoms with Gasteiger partial charge in [-0.05, 0) is 12.1 Å². The average Bonchev–Trinajstić information content (AvgIpc) is 2.48. The number of ether oxygens (including phenoxy) is 2. The van der Waals surface area contributed by atoms with Crippen molar-refractivity contribution in [2.24, 2.45) is 0 Å². The lowest BCUT2D eigenvalue weighted by Gasteiger charge is -2.07. The largest absolute Gasteiger partial charge is 0.464 e. The molecule has 0 aliphatic heterocycles. The van der Waals surface area contributed by atoms with E-state index in [0.717, 1.165) is 0 Å². The van der Waals surface area contributed by atoms with Crippen LogP contribution < -0.4 is 10.1 Å². The minimum Gasteiger partial charge on any atom is -0.464 e. The van der Waals surface area contributed by atoms with Gasteiger partial charge in [0.2, 0.25) is 11.8 Å². The number of aromatic nitrogens is 3. The lowest BCUT2D eigenvalue weighted by Crippen LogP contribution is -2.07. The van der Waals surface area contributed by atoms with E-state index in [0.29, 0.717) is 5.69 Å². The van der Waals surface area contributed by atoms with E-state index in [1.54, 1.807) is 0 Å². The first-order chi connectivity index (χ1) is 10.1. The fraction of sp³-hybridized carbons (Fsp3) is 0.167. The van der Waals surface area contributed by atoms with Crippen molar-refractivity contribution < 1.29 is 23.0 Å². The van der Waals surface area contributed by atoms with Crippen LogP contribution in [0.2, 0.25) is 0 Å². The van der Waals surface area contributed by atoms with Gasteiger partial charge < -0.3 is 14.8 Å². The highest BCUT2D eigenvalue weighted by molar-refractivity contribution is 5.87. The van der Waals surface area contributed by atoms with Crippen LogP contribution in [0.1, 0.15) is 10.5 Å². The highest BCUT2D eigenvalue weighted by atomic mass is 19.3. The maximum Gasteiger partial charge on any atom is 0.388 e. The molecular formula is C12H10F2N4O3. The van der Waals surface area contributed by atoms with E-state index in [2.05, 4.69) is 29.7 Å². The minimum absolute atomic E-state index is 0.0839. The number of hydrogen-bond acceptors (Lipinski definition) is 7. The van der Waals surface area contributed by atoms with Crippen molar-refractivity contribution in [3.8, 4) is 5.88 Å². The summed E-state index contributed by atoms with van der Waals surface area (Å²) in [5.74, 6) is -0.665. The van der Waals surface area contributed by atoms with Gasteiger partial charge in [0.15, 0.2) is 5.69 Å². The van der Waals surface area contributed by atoms with Crippen molar-refractivity contribution in [2.75, 3.05) is 12.4 Å². The Morgan fingerprint density at radius 2 is 2.10 bits per heavy atom. The van der Waals surface area contributed by atoms with E-state index in [4.69, 9.17) is 0 Å². The summed E-state index contributed by atoms with van der Waals surface area (Å²) in [7, 11) is 1.24. The quantitative estimate of drug-likeness (QED) is 0.844. The zero-order chi connectivity index (χ0) is 15.2. The monoisotopic (exact) mass is 296 g/mol. The third-order valence-corrected chi connectivity index (χ3v) is 2.25. The first kappa shape index (κ1) is 14.6. The number of hydrogen-bond donors (Lipinski definition) is 1. The molecule has 2 heterocycles. The van der Waals surface area contributed by atoms with Gasteiger partial charge in [-0.1, -0.05) is 0 Å². The van der Waals surface area contributed by atoms with Crippen LogP contribution in [0.5, 0.6) is 5.88 Å². The molecule has 0 radical (unpaired) electrons. The number of rotatable bonds is 5. The molecule has 0 aromatic carbocycles. The lowest BCUT2D eigenvalue weighted by atomic mass is 10.4. The molecule has 7 nitrogen and oxygen atoms in total. The first-order valence-electron chi connectivity index (χ1n) is 5.67. The zero-order valence-corrected chi connectivity index (χ0v) is 10.8. The smallest absolute Gasteiger partial charge is 0.388 e. The Labute approximate surface area is 118 Å². The summed E-state index contributed by atoms with van der Waals surface area (Å²) < 4.78 is 32.6. The molecule has 0 spiro atoms. The summed E-state index contributed by atoms with van der Waals surface area (Å²) in [6, 6.07) is 4.12. The van der Waals surface area contributed by atoms with Crippen LogP contribution in [0.4, 0.5) is 20.4 Å². The number of anilines is 2. The number of carbonyl (C=O) groups is 1. The fourth-order valence-electron chi connectivity index (χ4n) is 1.38. The third kappa shape index (κ3) is 4.06. The summed E-state index contributed by atoms with van der Waals surface area (Å²) in [5, 5.41) is 2.77. The Hall–Kier alpha value is -2.84. The summed E-state index contributed by atoms with van der Waals surface area (Å²) in [6.45, 7) is -2.93. The van der Waals surface area contributed by atoms with E-state index in [1.165, 1.54) is 37.7 Å². The van der Waals surface area contributed by atoms with Crippen molar-refractivity contribution in [1.29, 1.82) is 0 Å². The van der Waals surface area contributed by atoms with Gasteiger partial charge in [-0.2, -0.15) is 8.78 Å². The molecule has 0 saturated heterocycles. The molecule has 2 rings (SSSR count). The Morgan fingerprint density at radius 3 is 2.71 bits per heavy atom. The predicted molar refractivity (Wildman–Crippen MR) is 67.5 cm³/mol. The second-order valence-corrected chi connectivity index (χ2v) is 3.65. The second-order valence-electron chi connectivity index (χ2n) is 3.65. The summed E-state index contributed by atoms with van der Waals surface area (Å²) in [5.41, 5.74) is 0.527. The van der Waals surface area contributed by atoms with Gasteiger partial charge in [0, 0.05) is 12.3 Å². The van der Waals surface area contributed by atoms with Crippen molar-refractivity contribution in [3.63, 3.8) is 0 Å². The van der Waals surface area contributed by atoms with Crippen LogP contribution in [-0.4, -0.2) is 34.6 Å². The van der Waals surface area contributed by atoms with Gasteiger partial charge in [0.25, 0.3) is 0 Å². The predicted octanol–water partition coefficient (Wildman–Crippen LogP) is 2.00. The van der Waals surface area contributed by atoms with E-state index in [1.807, 2.05) is 0 Å². The van der Waals surface area contributed by atoms with E-state index < -0.39 is 12.6 Å². The molecule has 21 heavy (non-hydrogen) atoms. The topological polar surface area (TPSA) is 86.2 Å². The van der Waals surface area contributed by atoms with Crippen LogP contribution in [0, 0.1) is 0 Å². The van der Waals surface area contributed by atoms with Gasteiger partial charge in [-0.25, -0.2) is 19.7 Å². The maximum atomic E-state index is 12.0. The summed E-state index contributed by atoms with van der Waals surface area (Å²) in [4.78, 5) is 22.8. The molecule has 9 heteroatoms. The SMILES string of the molecule is COC(=O)c1ccnc(Nc2ccc(OC(F)F)nc2)n1. The van der Waals surface area contributed by atoms with E-state index in [9.17, 15) is 13.6 Å². The summed E-state index contributed by atoms with van der Waals surface area (Å²) in [6.07, 6.45) is 2.65. The molecule has 110 valence electrons. The van der Waals surface area contributed by atoms with Crippen LogP contribution in [0.3, 0.4) is 0 Å². The molecule has 0 atom stereocenters. The molecule has 2 aromatic rings. The molecular weight excluding hydrogens is 286 g/mol. The highest BCUT2D eigenvalue weighted by Crippen LogP contribution is 2.16. The van der Waals surface area contributed by atoms with Crippen molar-refractivity contribution in [1.82, 2.24) is 15.0 Å². The minimum atomic E-state index is -2.93. The van der Waals surface area contributed by atoms with Gasteiger partial charge in [0.05, 0.1) is 19.0 Å². The maximum absolute atomic E-state index is 12.0. The molecule has 2 aromatic heterocycles. The Kier molecular flexibility index (Phi) is 4.54. The van der Waals surface area contributed by atoms with Crippen LogP contribution in [0.15, 0.2) is 30.6 Å². The number of halogens is 2. The average molecular weight is 296 g/mol. The number of carbonyl (C=O) groups excluding carboxylic acids is 1. The number of alkyl halides is 2. The van der Waals surface area contributed by atoms with Crippen LogP contribution in [-0.2, 0) is 4.74 Å². The Bertz CT molecular complexity index is 622. The zero-order valence-electron chi connectivity index (χ0n) is 10.8. The van der Waals surface area contributed by atoms with Gasteiger partial charge in [-0.3, -0.25) is 0 Å². The standard InChI is InChI=1S/C12H10F2N4O3/c1-20-10(19)8-4-5-15-12(18-8)17-7-2-3-9(16-6-7)21-11(13)14/h2-6,11H,1H3,(H,15,17,18). The molecule has 0 aliphatic carbocycles. The first-order valence-corrected chi connectivity index (χ1v) is 5.67. The number of pyridine rings is 1. The summed E-state index contributed by atoms with van der Waals surface area (Å²) >= 11 is 0. The lowest BCUT2D eigenvalue weighted by molar-refractivity contribution is -0.0528. The number of nitrogens with zero attached hydrogens (tertiary/aromatic N) is 3. The molecule has 0 amide bonds. The van der Waals surface area contributed by atoms with Gasteiger partial charge in [0.1, 0.15) is 0 Å². The van der Waals surface area contributed by atoms with Gasteiger partial charge >= 0.3 is 12.6 Å². The molecule has 0 bridgehead atoms.